The fourth-order valence-electron chi connectivity index (χ4n) is 1.99. The summed E-state index contributed by atoms with van der Waals surface area (Å²) >= 11 is 0. The van der Waals surface area contributed by atoms with E-state index in [1.54, 1.807) is 0 Å². The van der Waals surface area contributed by atoms with E-state index in [1.807, 2.05) is 4.68 Å². The summed E-state index contributed by atoms with van der Waals surface area (Å²) < 4.78 is 1.87. The summed E-state index contributed by atoms with van der Waals surface area (Å²) in [5, 5.41) is 13.7. The number of rotatable bonds is 0. The van der Waals surface area contributed by atoms with Gasteiger partial charge < -0.3 is 0 Å². The second kappa shape index (κ2) is 2.84. The molecular formula is C11H15N3. The minimum atomic E-state index is -0.0879. The Hall–Kier alpha value is -1.30. The van der Waals surface area contributed by atoms with E-state index in [-0.39, 0.29) is 5.54 Å². The van der Waals surface area contributed by atoms with Gasteiger partial charge in [-0.25, -0.2) is 4.68 Å². The van der Waals surface area contributed by atoms with Crippen LogP contribution in [0.15, 0.2) is 0 Å². The molecule has 1 aromatic rings. The van der Waals surface area contributed by atoms with Gasteiger partial charge in [-0.1, -0.05) is 0 Å². The van der Waals surface area contributed by atoms with Gasteiger partial charge in [0.15, 0.2) is 0 Å². The minimum absolute atomic E-state index is 0.0879. The predicted molar refractivity (Wildman–Crippen MR) is 54.0 cm³/mol. The third kappa shape index (κ3) is 1.22. The highest BCUT2D eigenvalue weighted by atomic mass is 15.3. The second-order valence-electron chi connectivity index (χ2n) is 4.82. The lowest BCUT2D eigenvalue weighted by molar-refractivity contribution is 0.349. The van der Waals surface area contributed by atoms with Crippen molar-refractivity contribution in [2.75, 3.05) is 0 Å². The molecule has 14 heavy (non-hydrogen) atoms. The van der Waals surface area contributed by atoms with Crippen LogP contribution >= 0.6 is 0 Å². The Morgan fingerprint density at radius 1 is 1.36 bits per heavy atom. The highest BCUT2D eigenvalue weighted by Crippen LogP contribution is 2.27. The molecule has 0 saturated heterocycles. The Morgan fingerprint density at radius 2 is 2.07 bits per heavy atom. The summed E-state index contributed by atoms with van der Waals surface area (Å²) in [7, 11) is 0. The van der Waals surface area contributed by atoms with Crippen molar-refractivity contribution >= 4 is 0 Å². The van der Waals surface area contributed by atoms with Crippen molar-refractivity contribution < 1.29 is 0 Å². The van der Waals surface area contributed by atoms with E-state index in [1.165, 1.54) is 5.56 Å². The first kappa shape index (κ1) is 9.26. The Bertz CT molecular complexity index is 401. The highest BCUT2D eigenvalue weighted by molar-refractivity contribution is 5.39. The highest BCUT2D eigenvalue weighted by Gasteiger charge is 2.26. The number of aryl methyl sites for hydroxylation is 1. The van der Waals surface area contributed by atoms with Gasteiger partial charge in [0.1, 0.15) is 11.8 Å². The molecule has 1 aliphatic rings. The quantitative estimate of drug-likeness (QED) is 0.626. The van der Waals surface area contributed by atoms with Gasteiger partial charge in [-0.05, 0) is 40.0 Å². The van der Waals surface area contributed by atoms with Gasteiger partial charge in [-0.2, -0.15) is 10.4 Å². The maximum atomic E-state index is 9.12. The Kier molecular flexibility index (Phi) is 1.88. The van der Waals surface area contributed by atoms with Crippen LogP contribution in [0.5, 0.6) is 0 Å². The Labute approximate surface area is 84.3 Å². The van der Waals surface area contributed by atoms with Crippen LogP contribution in [-0.4, -0.2) is 9.78 Å². The van der Waals surface area contributed by atoms with E-state index in [2.05, 4.69) is 31.9 Å². The summed E-state index contributed by atoms with van der Waals surface area (Å²) in [5.74, 6) is 0. The van der Waals surface area contributed by atoms with Crippen LogP contribution in [0.3, 0.4) is 0 Å². The number of nitrogens with zero attached hydrogens (tertiary/aromatic N) is 3. The maximum Gasteiger partial charge on any atom is 0.142 e. The standard InChI is InChI=1S/C11H15N3/c1-11(2,3)14-10(7-12)8-5-4-6-9(8)13-14/h4-6H2,1-3H3. The van der Waals surface area contributed by atoms with E-state index in [0.717, 1.165) is 30.7 Å². The van der Waals surface area contributed by atoms with Crippen molar-refractivity contribution in [2.24, 2.45) is 0 Å². The van der Waals surface area contributed by atoms with Gasteiger partial charge in [0.25, 0.3) is 0 Å². The summed E-state index contributed by atoms with van der Waals surface area (Å²) in [5.41, 5.74) is 3.00. The monoisotopic (exact) mass is 189 g/mol. The third-order valence-corrected chi connectivity index (χ3v) is 2.65. The van der Waals surface area contributed by atoms with Crippen LogP contribution in [0.25, 0.3) is 0 Å². The topological polar surface area (TPSA) is 41.6 Å². The molecule has 1 aromatic heterocycles. The van der Waals surface area contributed by atoms with Crippen molar-refractivity contribution in [3.63, 3.8) is 0 Å². The maximum absolute atomic E-state index is 9.12. The van der Waals surface area contributed by atoms with Crippen molar-refractivity contribution in [1.82, 2.24) is 9.78 Å². The van der Waals surface area contributed by atoms with Crippen LogP contribution in [0.2, 0.25) is 0 Å². The average Bonchev–Trinajstić information content (AvgIpc) is 2.58. The zero-order chi connectivity index (χ0) is 10.3. The van der Waals surface area contributed by atoms with Crippen LogP contribution in [0.4, 0.5) is 0 Å². The van der Waals surface area contributed by atoms with E-state index in [0.29, 0.717) is 0 Å². The van der Waals surface area contributed by atoms with Crippen molar-refractivity contribution in [3.8, 4) is 6.07 Å². The van der Waals surface area contributed by atoms with E-state index in [9.17, 15) is 0 Å². The molecule has 0 radical (unpaired) electrons. The van der Waals surface area contributed by atoms with E-state index < -0.39 is 0 Å². The first-order chi connectivity index (χ1) is 6.54. The fraction of sp³-hybridized carbons (Fsp3) is 0.636. The molecule has 0 N–H and O–H groups in total. The van der Waals surface area contributed by atoms with Gasteiger partial charge in [-0.3, -0.25) is 0 Å². The second-order valence-corrected chi connectivity index (χ2v) is 4.82. The van der Waals surface area contributed by atoms with Gasteiger partial charge in [-0.15, -0.1) is 0 Å². The lowest BCUT2D eigenvalue weighted by atomic mass is 10.1. The first-order valence-corrected chi connectivity index (χ1v) is 5.05. The summed E-state index contributed by atoms with van der Waals surface area (Å²) in [6.45, 7) is 6.24. The van der Waals surface area contributed by atoms with Crippen molar-refractivity contribution in [3.05, 3.63) is 17.0 Å². The summed E-state index contributed by atoms with van der Waals surface area (Å²) in [6, 6.07) is 2.28. The van der Waals surface area contributed by atoms with E-state index >= 15 is 0 Å². The lowest BCUT2D eigenvalue weighted by Gasteiger charge is -2.20. The Balaban J connectivity index is 2.59. The molecule has 74 valence electrons. The SMILES string of the molecule is CC(C)(C)n1nc2c(c1C#N)CCC2. The largest absolute Gasteiger partial charge is 0.249 e. The zero-order valence-corrected chi connectivity index (χ0v) is 8.96. The molecule has 0 bridgehead atoms. The molecule has 0 fully saturated rings. The number of hydrogen-bond donors (Lipinski definition) is 0. The molecule has 0 unspecified atom stereocenters. The van der Waals surface area contributed by atoms with Crippen LogP contribution in [0.1, 0.15) is 44.1 Å². The van der Waals surface area contributed by atoms with Crippen molar-refractivity contribution in [2.45, 2.75) is 45.6 Å². The lowest BCUT2D eigenvalue weighted by Crippen LogP contribution is -2.25. The predicted octanol–water partition coefficient (Wildman–Crippen LogP) is 2.00. The number of hydrogen-bond acceptors (Lipinski definition) is 2. The first-order valence-electron chi connectivity index (χ1n) is 5.05. The number of aromatic nitrogens is 2. The molecule has 1 heterocycles. The zero-order valence-electron chi connectivity index (χ0n) is 8.96. The van der Waals surface area contributed by atoms with Gasteiger partial charge in [0.05, 0.1) is 11.2 Å². The molecule has 0 atom stereocenters. The summed E-state index contributed by atoms with van der Waals surface area (Å²) in [4.78, 5) is 0. The van der Waals surface area contributed by atoms with Gasteiger partial charge in [0.2, 0.25) is 0 Å². The molecule has 2 rings (SSSR count). The van der Waals surface area contributed by atoms with Crippen molar-refractivity contribution in [1.29, 1.82) is 5.26 Å². The minimum Gasteiger partial charge on any atom is -0.249 e. The molecule has 0 amide bonds. The smallest absolute Gasteiger partial charge is 0.142 e. The number of nitriles is 1. The molecule has 0 aromatic carbocycles. The molecule has 0 aliphatic heterocycles. The van der Waals surface area contributed by atoms with Gasteiger partial charge in [0, 0.05) is 5.56 Å². The number of fused-ring (bicyclic) bond motifs is 1. The molecule has 3 nitrogen and oxygen atoms in total. The normalized spacial score (nSPS) is 15.3. The van der Waals surface area contributed by atoms with Crippen LogP contribution in [0, 0.1) is 11.3 Å². The summed E-state index contributed by atoms with van der Waals surface area (Å²) in [6.07, 6.45) is 3.21. The Morgan fingerprint density at radius 3 is 2.64 bits per heavy atom. The molecule has 3 heteroatoms. The average molecular weight is 189 g/mol. The van der Waals surface area contributed by atoms with E-state index in [4.69, 9.17) is 5.26 Å². The molecule has 1 aliphatic carbocycles. The van der Waals surface area contributed by atoms with Gasteiger partial charge >= 0.3 is 0 Å². The molecular weight excluding hydrogens is 174 g/mol. The van der Waals surface area contributed by atoms with Crippen LogP contribution in [-0.2, 0) is 18.4 Å². The third-order valence-electron chi connectivity index (χ3n) is 2.65. The fourth-order valence-corrected chi connectivity index (χ4v) is 1.99. The molecule has 0 spiro atoms. The van der Waals surface area contributed by atoms with Crippen LogP contribution < -0.4 is 0 Å². The molecule has 0 saturated carbocycles.